The fraction of sp³-hybridized carbons (Fsp3) is 0.348. The second kappa shape index (κ2) is 7.99. The summed E-state index contributed by atoms with van der Waals surface area (Å²) in [5, 5.41) is 4.38. The van der Waals surface area contributed by atoms with Crippen LogP contribution in [0.25, 0.3) is 10.9 Å². The number of likely N-dealkylation sites (tertiary alicyclic amines) is 1. The number of rotatable bonds is 5. The van der Waals surface area contributed by atoms with Gasteiger partial charge in [0.25, 0.3) is 0 Å². The number of nitrogens with one attached hydrogen (secondary N) is 4. The Hall–Kier alpha value is -2.67. The fourth-order valence-electron chi connectivity index (χ4n) is 4.68. The molecule has 0 spiro atoms. The molecule has 1 aromatic heterocycles. The predicted molar refractivity (Wildman–Crippen MR) is 114 cm³/mol. The summed E-state index contributed by atoms with van der Waals surface area (Å²) in [5.74, 6) is 0.340. The van der Waals surface area contributed by atoms with Crippen LogP contribution in [0.2, 0.25) is 0 Å². The van der Waals surface area contributed by atoms with Crippen LogP contribution >= 0.6 is 0 Å². The van der Waals surface area contributed by atoms with Crippen LogP contribution in [0.4, 0.5) is 0 Å². The number of aromatic nitrogens is 1. The van der Waals surface area contributed by atoms with E-state index in [4.69, 9.17) is 0 Å². The Morgan fingerprint density at radius 1 is 1.07 bits per heavy atom. The molecule has 0 radical (unpaired) electrons. The van der Waals surface area contributed by atoms with Crippen LogP contribution in [0.3, 0.4) is 0 Å². The second-order valence-electron chi connectivity index (χ2n) is 8.12. The summed E-state index contributed by atoms with van der Waals surface area (Å²) in [7, 11) is 0. The highest BCUT2D eigenvalue weighted by atomic mass is 16.2. The van der Waals surface area contributed by atoms with Gasteiger partial charge < -0.3 is 10.3 Å². The second-order valence-corrected chi connectivity index (χ2v) is 8.12. The van der Waals surface area contributed by atoms with Gasteiger partial charge in [0.15, 0.2) is 0 Å². The summed E-state index contributed by atoms with van der Waals surface area (Å²) in [6.07, 6.45) is 3.16. The van der Waals surface area contributed by atoms with Gasteiger partial charge in [0.1, 0.15) is 6.04 Å². The van der Waals surface area contributed by atoms with Gasteiger partial charge in [-0.1, -0.05) is 48.5 Å². The van der Waals surface area contributed by atoms with Gasteiger partial charge >= 0.3 is 0 Å². The minimum atomic E-state index is -0.200. The number of nitrogens with zero attached hydrogens (tertiary/aromatic N) is 1. The maximum Gasteiger partial charge on any atom is 0.239 e. The van der Waals surface area contributed by atoms with E-state index in [9.17, 15) is 4.79 Å². The first-order valence-corrected chi connectivity index (χ1v) is 10.4. The van der Waals surface area contributed by atoms with E-state index >= 15 is 0 Å². The molecule has 1 amide bonds. The molecule has 29 heavy (non-hydrogen) atoms. The third kappa shape index (κ3) is 3.79. The molecule has 2 saturated heterocycles. The zero-order valence-corrected chi connectivity index (χ0v) is 16.4. The zero-order valence-electron chi connectivity index (χ0n) is 16.4. The molecular weight excluding hydrogens is 362 g/mol. The zero-order chi connectivity index (χ0) is 19.6. The van der Waals surface area contributed by atoms with Gasteiger partial charge in [0.2, 0.25) is 5.91 Å². The molecule has 3 heterocycles. The molecule has 5 rings (SSSR count). The largest absolute Gasteiger partial charge is 0.361 e. The predicted octanol–water partition coefficient (Wildman–Crippen LogP) is 2.15. The first-order valence-electron chi connectivity index (χ1n) is 10.4. The van der Waals surface area contributed by atoms with Crippen LogP contribution in [-0.4, -0.2) is 41.0 Å². The van der Waals surface area contributed by atoms with E-state index in [1.165, 1.54) is 16.5 Å². The molecule has 0 aliphatic carbocycles. The van der Waals surface area contributed by atoms with Gasteiger partial charge in [-0.05, 0) is 23.6 Å². The summed E-state index contributed by atoms with van der Waals surface area (Å²) >= 11 is 0. The molecule has 2 aliphatic rings. The Morgan fingerprint density at radius 3 is 2.79 bits per heavy atom. The molecule has 2 aliphatic heterocycles. The van der Waals surface area contributed by atoms with Crippen molar-refractivity contribution in [2.24, 2.45) is 5.92 Å². The molecular formula is C23H27N5O. The molecule has 3 aromatic rings. The number of fused-ring (bicyclic) bond motifs is 2. The van der Waals surface area contributed by atoms with Crippen molar-refractivity contribution in [1.82, 2.24) is 26.1 Å². The lowest BCUT2D eigenvalue weighted by molar-refractivity contribution is -0.124. The normalized spacial score (nSPS) is 24.5. The standard InChI is InChI=1S/C23H27N5O/c29-23(25-12-16-6-2-1-3-7-16)22-19-15-28(11-10-21(19)26-27-22)14-17-13-24-20-9-5-4-8-18(17)20/h1-9,13,19,21-22,24,26-27H,10-12,14-15H2,(H,25,29). The van der Waals surface area contributed by atoms with Gasteiger partial charge in [-0.3, -0.25) is 15.1 Å². The number of carbonyl (C=O) groups excluding carboxylic acids is 1. The molecule has 3 atom stereocenters. The fourth-order valence-corrected chi connectivity index (χ4v) is 4.68. The molecule has 0 bridgehead atoms. The maximum atomic E-state index is 12.8. The van der Waals surface area contributed by atoms with Gasteiger partial charge in [0.05, 0.1) is 0 Å². The summed E-state index contributed by atoms with van der Waals surface area (Å²) in [4.78, 5) is 18.7. The Bertz CT molecular complexity index is 985. The van der Waals surface area contributed by atoms with E-state index in [2.05, 4.69) is 56.5 Å². The van der Waals surface area contributed by atoms with Crippen LogP contribution in [-0.2, 0) is 17.9 Å². The summed E-state index contributed by atoms with van der Waals surface area (Å²) in [6, 6.07) is 18.6. The number of para-hydroxylation sites is 1. The van der Waals surface area contributed by atoms with Crippen molar-refractivity contribution >= 4 is 16.8 Å². The van der Waals surface area contributed by atoms with E-state index in [0.717, 1.165) is 31.6 Å². The number of H-pyrrole nitrogens is 1. The highest BCUT2D eigenvalue weighted by Crippen LogP contribution is 2.27. The van der Waals surface area contributed by atoms with Gasteiger partial charge in [0, 0.05) is 55.2 Å². The molecule has 2 aromatic carbocycles. The van der Waals surface area contributed by atoms with E-state index < -0.39 is 0 Å². The topological polar surface area (TPSA) is 72.2 Å². The number of carbonyl (C=O) groups is 1. The van der Waals surface area contributed by atoms with E-state index in [1.807, 2.05) is 30.3 Å². The van der Waals surface area contributed by atoms with E-state index in [1.54, 1.807) is 0 Å². The Labute approximate surface area is 170 Å². The lowest BCUT2D eigenvalue weighted by Gasteiger charge is -2.35. The molecule has 4 N–H and O–H groups in total. The number of hydrogen-bond acceptors (Lipinski definition) is 4. The van der Waals surface area contributed by atoms with Crippen molar-refractivity contribution in [3.05, 3.63) is 71.9 Å². The first-order chi connectivity index (χ1) is 14.3. The highest BCUT2D eigenvalue weighted by Gasteiger charge is 2.43. The number of hydrogen-bond donors (Lipinski definition) is 4. The average molecular weight is 390 g/mol. The molecule has 6 nitrogen and oxygen atoms in total. The molecule has 6 heteroatoms. The third-order valence-electron chi connectivity index (χ3n) is 6.26. The monoisotopic (exact) mass is 389 g/mol. The van der Waals surface area contributed by atoms with E-state index in [0.29, 0.717) is 12.6 Å². The van der Waals surface area contributed by atoms with E-state index in [-0.39, 0.29) is 17.9 Å². The quantitative estimate of drug-likeness (QED) is 0.540. The van der Waals surface area contributed by atoms with Crippen LogP contribution in [0.15, 0.2) is 60.8 Å². The molecule has 150 valence electrons. The Balaban J connectivity index is 1.23. The number of hydrazine groups is 1. The molecule has 3 unspecified atom stereocenters. The number of piperidine rings is 1. The van der Waals surface area contributed by atoms with Crippen molar-refractivity contribution in [2.45, 2.75) is 31.6 Å². The van der Waals surface area contributed by atoms with Crippen LogP contribution in [0.1, 0.15) is 17.5 Å². The van der Waals surface area contributed by atoms with Gasteiger partial charge in [-0.25, -0.2) is 5.43 Å². The Morgan fingerprint density at radius 2 is 1.90 bits per heavy atom. The summed E-state index contributed by atoms with van der Waals surface area (Å²) in [6.45, 7) is 3.42. The maximum absolute atomic E-state index is 12.8. The molecule has 2 fully saturated rings. The van der Waals surface area contributed by atoms with Gasteiger partial charge in [-0.2, -0.15) is 0 Å². The molecule has 0 saturated carbocycles. The minimum Gasteiger partial charge on any atom is -0.361 e. The Kier molecular flexibility index (Phi) is 5.06. The van der Waals surface area contributed by atoms with Crippen molar-refractivity contribution in [1.29, 1.82) is 0 Å². The summed E-state index contributed by atoms with van der Waals surface area (Å²) in [5.41, 5.74) is 10.2. The third-order valence-corrected chi connectivity index (χ3v) is 6.26. The van der Waals surface area contributed by atoms with Crippen molar-refractivity contribution in [3.8, 4) is 0 Å². The lowest BCUT2D eigenvalue weighted by Crippen LogP contribution is -2.50. The minimum absolute atomic E-state index is 0.0720. The van der Waals surface area contributed by atoms with Crippen LogP contribution in [0, 0.1) is 5.92 Å². The first kappa shape index (κ1) is 18.4. The van der Waals surface area contributed by atoms with Crippen molar-refractivity contribution < 1.29 is 4.79 Å². The van der Waals surface area contributed by atoms with Crippen LogP contribution in [0.5, 0.6) is 0 Å². The number of amides is 1. The SMILES string of the molecule is O=C(NCc1ccccc1)C1NNC2CCN(Cc3c[nH]c4ccccc34)CC21. The summed E-state index contributed by atoms with van der Waals surface area (Å²) < 4.78 is 0. The lowest BCUT2D eigenvalue weighted by atomic mass is 9.87. The highest BCUT2D eigenvalue weighted by molar-refractivity contribution is 5.83. The number of aromatic amines is 1. The number of benzene rings is 2. The van der Waals surface area contributed by atoms with Gasteiger partial charge in [-0.15, -0.1) is 0 Å². The van der Waals surface area contributed by atoms with Crippen molar-refractivity contribution in [2.75, 3.05) is 13.1 Å². The smallest absolute Gasteiger partial charge is 0.239 e. The average Bonchev–Trinajstić information content (AvgIpc) is 3.37. The van der Waals surface area contributed by atoms with Crippen molar-refractivity contribution in [3.63, 3.8) is 0 Å². The van der Waals surface area contributed by atoms with Crippen LogP contribution < -0.4 is 16.2 Å².